The molecule has 0 heterocycles. The summed E-state index contributed by atoms with van der Waals surface area (Å²) in [6, 6.07) is 3.58. The number of allylic oxidation sites excluding steroid dienone is 2. The summed E-state index contributed by atoms with van der Waals surface area (Å²) < 4.78 is 59.8. The quantitative estimate of drug-likeness (QED) is 0.408. The second-order valence-corrected chi connectivity index (χ2v) is 6.90. The molecule has 1 aliphatic rings. The Kier molecular flexibility index (Phi) is 7.50. The minimum Gasteiger partial charge on any atom is -0.403 e. The SMILES string of the molecule is CCCOCC1CCC(/C=C(\C)c2ccc(OC(F)(F)F)c(F)c2)CC1. The molecule has 0 radical (unpaired) electrons. The average Bonchev–Trinajstić information content (AvgIpc) is 2.57. The molecule has 0 aromatic heterocycles. The lowest BCUT2D eigenvalue weighted by Crippen LogP contribution is -2.18. The van der Waals surface area contributed by atoms with Crippen molar-refractivity contribution in [2.75, 3.05) is 13.2 Å². The molecule has 0 amide bonds. The van der Waals surface area contributed by atoms with E-state index in [1.165, 1.54) is 6.07 Å². The molecule has 0 saturated heterocycles. The normalized spacial score (nSPS) is 21.7. The van der Waals surface area contributed by atoms with Gasteiger partial charge in [0.2, 0.25) is 0 Å². The van der Waals surface area contributed by atoms with Crippen molar-refractivity contribution in [2.24, 2.45) is 11.8 Å². The third-order valence-corrected chi connectivity index (χ3v) is 4.69. The molecule has 1 aliphatic carbocycles. The van der Waals surface area contributed by atoms with E-state index in [0.29, 0.717) is 17.4 Å². The lowest BCUT2D eigenvalue weighted by atomic mass is 9.81. The van der Waals surface area contributed by atoms with Crippen molar-refractivity contribution >= 4 is 5.57 Å². The van der Waals surface area contributed by atoms with Gasteiger partial charge in [0.1, 0.15) is 0 Å². The van der Waals surface area contributed by atoms with Gasteiger partial charge >= 0.3 is 6.36 Å². The Morgan fingerprint density at radius 1 is 1.19 bits per heavy atom. The second kappa shape index (κ2) is 9.40. The zero-order chi connectivity index (χ0) is 19.2. The van der Waals surface area contributed by atoms with Crippen LogP contribution in [0, 0.1) is 17.7 Å². The number of rotatable bonds is 7. The number of hydrogen-bond acceptors (Lipinski definition) is 2. The standard InChI is InChI=1S/C20H26F4O2/c1-3-10-25-13-16-6-4-15(5-7-16)11-14(2)17-8-9-19(18(21)12-17)26-20(22,23)24/h8-9,11-12,15-16H,3-7,10,13H2,1-2H3/b14-11+. The lowest BCUT2D eigenvalue weighted by molar-refractivity contribution is -0.275. The van der Waals surface area contributed by atoms with Crippen LogP contribution in [0.3, 0.4) is 0 Å². The molecule has 1 aromatic carbocycles. The zero-order valence-corrected chi connectivity index (χ0v) is 15.2. The average molecular weight is 374 g/mol. The molecule has 146 valence electrons. The first-order valence-electron chi connectivity index (χ1n) is 9.10. The second-order valence-electron chi connectivity index (χ2n) is 6.90. The van der Waals surface area contributed by atoms with Crippen LogP contribution < -0.4 is 4.74 Å². The molecule has 2 nitrogen and oxygen atoms in total. The first-order valence-corrected chi connectivity index (χ1v) is 9.10. The van der Waals surface area contributed by atoms with Crippen LogP contribution in [0.5, 0.6) is 5.75 Å². The van der Waals surface area contributed by atoms with E-state index in [1.54, 1.807) is 0 Å². The molecule has 2 rings (SSSR count). The maximum Gasteiger partial charge on any atom is 0.573 e. The van der Waals surface area contributed by atoms with Crippen LogP contribution in [0.1, 0.15) is 51.5 Å². The monoisotopic (exact) mass is 374 g/mol. The zero-order valence-electron chi connectivity index (χ0n) is 15.2. The summed E-state index contributed by atoms with van der Waals surface area (Å²) >= 11 is 0. The van der Waals surface area contributed by atoms with Crippen LogP contribution in [0.15, 0.2) is 24.3 Å². The number of ether oxygens (including phenoxy) is 2. The van der Waals surface area contributed by atoms with E-state index >= 15 is 0 Å². The van der Waals surface area contributed by atoms with Gasteiger partial charge in [0.25, 0.3) is 0 Å². The summed E-state index contributed by atoms with van der Waals surface area (Å²) in [6.45, 7) is 5.57. The van der Waals surface area contributed by atoms with Crippen molar-refractivity contribution in [1.82, 2.24) is 0 Å². The van der Waals surface area contributed by atoms with Crippen molar-refractivity contribution in [3.63, 3.8) is 0 Å². The lowest BCUT2D eigenvalue weighted by Gasteiger charge is -2.27. The van der Waals surface area contributed by atoms with Gasteiger partial charge in [-0.3, -0.25) is 0 Å². The first kappa shape index (κ1) is 20.7. The Hall–Kier alpha value is -1.56. The van der Waals surface area contributed by atoms with Crippen molar-refractivity contribution < 1.29 is 27.0 Å². The van der Waals surface area contributed by atoms with E-state index in [2.05, 4.69) is 17.7 Å². The van der Waals surface area contributed by atoms with Gasteiger partial charge in [-0.25, -0.2) is 4.39 Å². The van der Waals surface area contributed by atoms with Crippen molar-refractivity contribution in [2.45, 2.75) is 52.3 Å². The summed E-state index contributed by atoms with van der Waals surface area (Å²) in [5, 5.41) is 0. The molecule has 0 N–H and O–H groups in total. The molecule has 26 heavy (non-hydrogen) atoms. The molecule has 1 aromatic rings. The van der Waals surface area contributed by atoms with Crippen LogP contribution in [0.2, 0.25) is 0 Å². The van der Waals surface area contributed by atoms with Gasteiger partial charge in [-0.1, -0.05) is 19.1 Å². The fraction of sp³-hybridized carbons (Fsp3) is 0.600. The number of hydrogen-bond donors (Lipinski definition) is 0. The fourth-order valence-corrected chi connectivity index (χ4v) is 3.32. The highest BCUT2D eigenvalue weighted by Gasteiger charge is 2.32. The highest BCUT2D eigenvalue weighted by Crippen LogP contribution is 2.33. The molecule has 0 aliphatic heterocycles. The fourth-order valence-electron chi connectivity index (χ4n) is 3.32. The molecular formula is C20H26F4O2. The number of alkyl halides is 3. The predicted molar refractivity (Wildman–Crippen MR) is 93.3 cm³/mol. The van der Waals surface area contributed by atoms with Gasteiger partial charge in [0.05, 0.1) is 0 Å². The van der Waals surface area contributed by atoms with Crippen LogP contribution >= 0.6 is 0 Å². The Morgan fingerprint density at radius 3 is 2.46 bits per heavy atom. The van der Waals surface area contributed by atoms with Crippen molar-refractivity contribution in [1.29, 1.82) is 0 Å². The minimum absolute atomic E-state index is 0.409. The molecule has 0 atom stereocenters. The maximum absolute atomic E-state index is 13.9. The Morgan fingerprint density at radius 2 is 1.88 bits per heavy atom. The van der Waals surface area contributed by atoms with Gasteiger partial charge in [0, 0.05) is 13.2 Å². The summed E-state index contributed by atoms with van der Waals surface area (Å²) in [4.78, 5) is 0. The van der Waals surface area contributed by atoms with Gasteiger partial charge in [-0.15, -0.1) is 13.2 Å². The van der Waals surface area contributed by atoms with Crippen LogP contribution in [-0.4, -0.2) is 19.6 Å². The summed E-state index contributed by atoms with van der Waals surface area (Å²) in [5.74, 6) is -0.805. The Balaban J connectivity index is 1.92. The molecule has 0 bridgehead atoms. The van der Waals surface area contributed by atoms with E-state index < -0.39 is 17.9 Å². The molecule has 1 fully saturated rings. The van der Waals surface area contributed by atoms with Crippen molar-refractivity contribution in [3.05, 3.63) is 35.7 Å². The maximum atomic E-state index is 13.9. The van der Waals surface area contributed by atoms with Gasteiger partial charge < -0.3 is 9.47 Å². The topological polar surface area (TPSA) is 18.5 Å². The Labute approximate surface area is 152 Å². The highest BCUT2D eigenvalue weighted by molar-refractivity contribution is 5.64. The Bertz CT molecular complexity index is 602. The minimum atomic E-state index is -4.90. The largest absolute Gasteiger partial charge is 0.573 e. The van der Waals surface area contributed by atoms with Gasteiger partial charge in [-0.2, -0.15) is 0 Å². The van der Waals surface area contributed by atoms with Crippen molar-refractivity contribution in [3.8, 4) is 5.75 Å². The van der Waals surface area contributed by atoms with E-state index in [-0.39, 0.29) is 0 Å². The van der Waals surface area contributed by atoms with E-state index in [1.807, 2.05) is 6.92 Å². The molecule has 0 spiro atoms. The summed E-state index contributed by atoms with van der Waals surface area (Å²) in [6.07, 6.45) is 2.54. The van der Waals surface area contributed by atoms with E-state index in [4.69, 9.17) is 4.74 Å². The summed E-state index contributed by atoms with van der Waals surface area (Å²) in [7, 11) is 0. The number of halogens is 4. The van der Waals surface area contributed by atoms with Gasteiger partial charge in [-0.05, 0) is 74.1 Å². The summed E-state index contributed by atoms with van der Waals surface area (Å²) in [5.41, 5.74) is 1.44. The van der Waals surface area contributed by atoms with Crippen LogP contribution in [0.4, 0.5) is 17.6 Å². The third-order valence-electron chi connectivity index (χ3n) is 4.69. The third kappa shape index (κ3) is 6.63. The van der Waals surface area contributed by atoms with E-state index in [0.717, 1.165) is 63.0 Å². The van der Waals surface area contributed by atoms with E-state index in [9.17, 15) is 17.6 Å². The van der Waals surface area contributed by atoms with Gasteiger partial charge in [0.15, 0.2) is 11.6 Å². The van der Waals surface area contributed by atoms with Crippen LogP contribution in [0.25, 0.3) is 5.57 Å². The molecular weight excluding hydrogens is 348 g/mol. The predicted octanol–water partition coefficient (Wildman–Crippen LogP) is 6.36. The smallest absolute Gasteiger partial charge is 0.403 e. The number of benzene rings is 1. The molecule has 6 heteroatoms. The molecule has 0 unspecified atom stereocenters. The first-order chi connectivity index (χ1) is 12.3. The highest BCUT2D eigenvalue weighted by atomic mass is 19.4. The molecule has 1 saturated carbocycles. The van der Waals surface area contributed by atoms with Crippen LogP contribution in [-0.2, 0) is 4.74 Å².